The molecule has 0 radical (unpaired) electrons. The van der Waals surface area contributed by atoms with Gasteiger partial charge in [0.25, 0.3) is 0 Å². The maximum Gasteiger partial charge on any atom is 0.00237 e. The molecule has 0 amide bonds. The quantitative estimate of drug-likeness (QED) is 0.476. The molecule has 2 rings (SSSR count). The molecule has 0 aliphatic heterocycles. The van der Waals surface area contributed by atoms with Gasteiger partial charge in [0, 0.05) is 4.43 Å². The molecule has 0 heterocycles. The van der Waals surface area contributed by atoms with E-state index >= 15 is 0 Å². The van der Waals surface area contributed by atoms with Crippen LogP contribution < -0.4 is 0 Å². The lowest BCUT2D eigenvalue weighted by Crippen LogP contribution is -2.26. The minimum Gasteiger partial charge on any atom is -0.0861 e. The largest absolute Gasteiger partial charge is 0.0861 e. The molecule has 2 saturated carbocycles. The van der Waals surface area contributed by atoms with Crippen LogP contribution in [0.3, 0.4) is 0 Å². The minimum absolute atomic E-state index is 1.06. The van der Waals surface area contributed by atoms with Crippen LogP contribution in [0.1, 0.15) is 64.7 Å². The fourth-order valence-electron chi connectivity index (χ4n) is 3.88. The van der Waals surface area contributed by atoms with E-state index in [0.29, 0.717) is 0 Å². The summed E-state index contributed by atoms with van der Waals surface area (Å²) in [5.74, 6) is 4.35. The third-order valence-electron chi connectivity index (χ3n) is 5.25. The predicted molar refractivity (Wildman–Crippen MR) is 80.1 cm³/mol. The molecule has 16 heavy (non-hydrogen) atoms. The van der Waals surface area contributed by atoms with Gasteiger partial charge in [-0.25, -0.2) is 0 Å². The van der Waals surface area contributed by atoms with Gasteiger partial charge in [-0.1, -0.05) is 48.8 Å². The fourth-order valence-corrected chi connectivity index (χ4v) is 4.76. The maximum absolute atomic E-state index is 2.58. The molecule has 0 saturated heterocycles. The Hall–Kier alpha value is 0.730. The van der Waals surface area contributed by atoms with E-state index in [1.54, 1.807) is 25.7 Å². The Morgan fingerprint density at radius 3 is 1.56 bits per heavy atom. The number of hydrogen-bond acceptors (Lipinski definition) is 0. The van der Waals surface area contributed by atoms with Crippen LogP contribution in [0.5, 0.6) is 0 Å². The smallest absolute Gasteiger partial charge is 0.00237 e. The van der Waals surface area contributed by atoms with Crippen LogP contribution in [-0.2, 0) is 0 Å². The maximum atomic E-state index is 2.58. The Morgan fingerprint density at radius 1 is 0.750 bits per heavy atom. The number of rotatable bonds is 3. The molecule has 0 aromatic heterocycles. The monoisotopic (exact) mass is 334 g/mol. The van der Waals surface area contributed by atoms with Gasteiger partial charge in [-0.15, -0.1) is 0 Å². The van der Waals surface area contributed by atoms with E-state index in [1.807, 2.05) is 0 Å². The van der Waals surface area contributed by atoms with Crippen LogP contribution in [-0.4, -0.2) is 4.43 Å². The van der Waals surface area contributed by atoms with Crippen molar-refractivity contribution in [2.24, 2.45) is 23.7 Å². The van der Waals surface area contributed by atoms with E-state index in [1.165, 1.54) is 36.5 Å². The van der Waals surface area contributed by atoms with Gasteiger partial charge < -0.3 is 0 Å². The van der Waals surface area contributed by atoms with Crippen molar-refractivity contribution < 1.29 is 0 Å². The molecule has 0 aromatic rings. The Balaban J connectivity index is 1.73. The highest BCUT2D eigenvalue weighted by molar-refractivity contribution is 14.1. The molecule has 0 nitrogen and oxygen atoms in total. The molecule has 2 aliphatic rings. The van der Waals surface area contributed by atoms with Crippen molar-refractivity contribution in [2.45, 2.75) is 64.7 Å². The molecule has 2 fully saturated rings. The second kappa shape index (κ2) is 6.61. The van der Waals surface area contributed by atoms with Crippen LogP contribution in [0.2, 0.25) is 0 Å². The lowest BCUT2D eigenvalue weighted by atomic mass is 9.69. The summed E-state index contributed by atoms with van der Waals surface area (Å²) in [6.07, 6.45) is 13.8. The zero-order chi connectivity index (χ0) is 11.4. The summed E-state index contributed by atoms with van der Waals surface area (Å²) in [4.78, 5) is 0. The second-order valence-electron chi connectivity index (χ2n) is 6.12. The van der Waals surface area contributed by atoms with Gasteiger partial charge >= 0.3 is 0 Å². The third-order valence-corrected chi connectivity index (χ3v) is 6.49. The normalized spacial score (nSPS) is 40.9. The minimum atomic E-state index is 1.06. The van der Waals surface area contributed by atoms with E-state index in [-0.39, 0.29) is 0 Å². The summed E-state index contributed by atoms with van der Waals surface area (Å²) in [6.45, 7) is 2.37. The lowest BCUT2D eigenvalue weighted by Gasteiger charge is -2.37. The molecule has 1 heteroatoms. The van der Waals surface area contributed by atoms with Crippen LogP contribution in [0.4, 0.5) is 0 Å². The summed E-state index contributed by atoms with van der Waals surface area (Å²) in [5, 5.41) is 0. The Labute approximate surface area is 115 Å². The topological polar surface area (TPSA) is 0 Å². The van der Waals surface area contributed by atoms with Crippen LogP contribution in [0, 0.1) is 23.7 Å². The first-order chi connectivity index (χ1) is 7.83. The molecular formula is C15H27I. The Kier molecular flexibility index (Phi) is 5.44. The van der Waals surface area contributed by atoms with E-state index in [0.717, 1.165) is 23.7 Å². The van der Waals surface area contributed by atoms with Crippen LogP contribution in [0.25, 0.3) is 0 Å². The van der Waals surface area contributed by atoms with Crippen molar-refractivity contribution in [1.29, 1.82) is 0 Å². The van der Waals surface area contributed by atoms with E-state index in [4.69, 9.17) is 0 Å². The van der Waals surface area contributed by atoms with E-state index in [2.05, 4.69) is 29.5 Å². The summed E-state index contributed by atoms with van der Waals surface area (Å²) in [7, 11) is 0. The molecule has 0 spiro atoms. The Morgan fingerprint density at radius 2 is 1.19 bits per heavy atom. The molecule has 2 aliphatic carbocycles. The Bertz CT molecular complexity index is 164. The van der Waals surface area contributed by atoms with Gasteiger partial charge in [-0.05, 0) is 62.2 Å². The summed E-state index contributed by atoms with van der Waals surface area (Å²) >= 11 is 2.58. The van der Waals surface area contributed by atoms with Crippen molar-refractivity contribution in [1.82, 2.24) is 0 Å². The summed E-state index contributed by atoms with van der Waals surface area (Å²) < 4.78 is 1.40. The first kappa shape index (κ1) is 13.2. The zero-order valence-corrected chi connectivity index (χ0v) is 12.9. The first-order valence-electron chi connectivity index (χ1n) is 7.39. The molecule has 0 unspecified atom stereocenters. The number of halogens is 1. The molecule has 0 bridgehead atoms. The highest BCUT2D eigenvalue weighted by Gasteiger charge is 2.29. The highest BCUT2D eigenvalue weighted by atomic mass is 127. The standard InChI is InChI=1S/C15H27I/c1-2-12-3-7-14(8-4-12)15-9-5-13(11-16)6-10-15/h12-15H,2-11H2,1H3. The van der Waals surface area contributed by atoms with Gasteiger partial charge in [-0.3, -0.25) is 0 Å². The first-order valence-corrected chi connectivity index (χ1v) is 8.92. The summed E-state index contributed by atoms with van der Waals surface area (Å²) in [6, 6.07) is 0. The molecule has 0 N–H and O–H groups in total. The van der Waals surface area contributed by atoms with Gasteiger partial charge in [0.2, 0.25) is 0 Å². The highest BCUT2D eigenvalue weighted by Crippen LogP contribution is 2.42. The van der Waals surface area contributed by atoms with Crippen LogP contribution >= 0.6 is 22.6 Å². The molecule has 94 valence electrons. The molecule has 0 atom stereocenters. The average Bonchev–Trinajstić information content (AvgIpc) is 2.39. The predicted octanol–water partition coefficient (Wildman–Crippen LogP) is 5.44. The third kappa shape index (κ3) is 3.36. The second-order valence-corrected chi connectivity index (χ2v) is 7.00. The van der Waals surface area contributed by atoms with Crippen molar-refractivity contribution in [3.8, 4) is 0 Å². The van der Waals surface area contributed by atoms with Crippen LogP contribution in [0.15, 0.2) is 0 Å². The van der Waals surface area contributed by atoms with Crippen molar-refractivity contribution in [3.63, 3.8) is 0 Å². The van der Waals surface area contributed by atoms with Gasteiger partial charge in [0.05, 0.1) is 0 Å². The lowest BCUT2D eigenvalue weighted by molar-refractivity contribution is 0.150. The SMILES string of the molecule is CCC1CCC(C2CCC(CI)CC2)CC1. The average molecular weight is 334 g/mol. The van der Waals surface area contributed by atoms with Gasteiger partial charge in [0.15, 0.2) is 0 Å². The fraction of sp³-hybridized carbons (Fsp3) is 1.00. The summed E-state index contributed by atoms with van der Waals surface area (Å²) in [5.41, 5.74) is 0. The van der Waals surface area contributed by atoms with E-state index < -0.39 is 0 Å². The molecule has 0 aromatic carbocycles. The number of hydrogen-bond donors (Lipinski definition) is 0. The zero-order valence-electron chi connectivity index (χ0n) is 10.8. The van der Waals surface area contributed by atoms with Gasteiger partial charge in [0.1, 0.15) is 0 Å². The van der Waals surface area contributed by atoms with Crippen molar-refractivity contribution in [2.75, 3.05) is 4.43 Å². The molecular weight excluding hydrogens is 307 g/mol. The van der Waals surface area contributed by atoms with E-state index in [9.17, 15) is 0 Å². The van der Waals surface area contributed by atoms with Crippen molar-refractivity contribution in [3.05, 3.63) is 0 Å². The van der Waals surface area contributed by atoms with Crippen molar-refractivity contribution >= 4 is 22.6 Å². The number of alkyl halides is 1. The van der Waals surface area contributed by atoms with Gasteiger partial charge in [-0.2, -0.15) is 0 Å².